The van der Waals surface area contributed by atoms with E-state index in [-0.39, 0.29) is 11.7 Å². The Kier molecular flexibility index (Phi) is 3.33. The molecule has 1 saturated heterocycles. The monoisotopic (exact) mass is 234 g/mol. The minimum Gasteiger partial charge on any atom is -0.507 e. The summed E-state index contributed by atoms with van der Waals surface area (Å²) in [5.74, 6) is -0.0219. The van der Waals surface area contributed by atoms with E-state index in [0.29, 0.717) is 24.7 Å². The maximum absolute atomic E-state index is 12.3. The van der Waals surface area contributed by atoms with Crippen molar-refractivity contribution in [3.05, 3.63) is 29.3 Å². The van der Waals surface area contributed by atoms with Gasteiger partial charge in [0, 0.05) is 25.7 Å². The highest BCUT2D eigenvalue weighted by atomic mass is 16.3. The summed E-state index contributed by atoms with van der Waals surface area (Å²) in [4.78, 5) is 14.0. The summed E-state index contributed by atoms with van der Waals surface area (Å²) in [6.45, 7) is 6.15. The van der Waals surface area contributed by atoms with Crippen LogP contribution in [0.2, 0.25) is 0 Å². The second-order valence-corrected chi connectivity index (χ2v) is 4.63. The number of carbonyl (C=O) groups excluding carboxylic acids is 1. The van der Waals surface area contributed by atoms with Crippen LogP contribution in [0.4, 0.5) is 0 Å². The molecule has 1 aliphatic heterocycles. The molecule has 2 rings (SSSR count). The van der Waals surface area contributed by atoms with Crippen LogP contribution in [0.5, 0.6) is 5.75 Å². The van der Waals surface area contributed by atoms with Crippen LogP contribution in [-0.4, -0.2) is 41.6 Å². The summed E-state index contributed by atoms with van der Waals surface area (Å²) >= 11 is 0. The second kappa shape index (κ2) is 4.75. The first-order valence-corrected chi connectivity index (χ1v) is 5.90. The van der Waals surface area contributed by atoms with Crippen LogP contribution < -0.4 is 5.32 Å². The first-order chi connectivity index (χ1) is 8.08. The Hall–Kier alpha value is -1.55. The number of benzene rings is 1. The van der Waals surface area contributed by atoms with E-state index in [2.05, 4.69) is 12.2 Å². The molecule has 4 nitrogen and oxygen atoms in total. The van der Waals surface area contributed by atoms with Crippen LogP contribution in [0.25, 0.3) is 0 Å². The summed E-state index contributed by atoms with van der Waals surface area (Å²) in [5, 5.41) is 13.0. The van der Waals surface area contributed by atoms with Gasteiger partial charge >= 0.3 is 0 Å². The van der Waals surface area contributed by atoms with Crippen LogP contribution in [0.15, 0.2) is 18.2 Å². The van der Waals surface area contributed by atoms with Crippen molar-refractivity contribution in [1.82, 2.24) is 10.2 Å². The smallest absolute Gasteiger partial charge is 0.257 e. The van der Waals surface area contributed by atoms with Crippen molar-refractivity contribution in [2.24, 2.45) is 0 Å². The predicted molar refractivity (Wildman–Crippen MR) is 66.2 cm³/mol. The van der Waals surface area contributed by atoms with Crippen molar-refractivity contribution >= 4 is 5.91 Å². The Morgan fingerprint density at radius 1 is 1.53 bits per heavy atom. The Labute approximate surface area is 101 Å². The van der Waals surface area contributed by atoms with E-state index in [1.54, 1.807) is 23.1 Å². The maximum Gasteiger partial charge on any atom is 0.257 e. The van der Waals surface area contributed by atoms with Crippen LogP contribution in [0, 0.1) is 6.92 Å². The van der Waals surface area contributed by atoms with Gasteiger partial charge in [-0.1, -0.05) is 11.6 Å². The minimum absolute atomic E-state index is 0.0618. The lowest BCUT2D eigenvalue weighted by Crippen LogP contribution is -2.51. The molecule has 2 N–H and O–H groups in total. The largest absolute Gasteiger partial charge is 0.507 e. The summed E-state index contributed by atoms with van der Waals surface area (Å²) in [7, 11) is 0. The lowest BCUT2D eigenvalue weighted by molar-refractivity contribution is 0.0706. The summed E-state index contributed by atoms with van der Waals surface area (Å²) in [6.07, 6.45) is 0. The molecule has 0 saturated carbocycles. The van der Waals surface area contributed by atoms with E-state index in [1.807, 2.05) is 6.92 Å². The van der Waals surface area contributed by atoms with Crippen molar-refractivity contribution in [2.45, 2.75) is 19.9 Å². The standard InChI is InChI=1S/C13H18N2O2/c1-9-3-4-12(16)11(7-9)13(17)15-6-5-14-10(2)8-15/h3-4,7,10,14,16H,5-6,8H2,1-2H3. The molecule has 1 aromatic rings. The van der Waals surface area contributed by atoms with Gasteiger partial charge in [-0.25, -0.2) is 0 Å². The molecule has 0 aliphatic carbocycles. The molecule has 1 fully saturated rings. The molecule has 1 aliphatic rings. The number of aryl methyl sites for hydroxylation is 1. The van der Waals surface area contributed by atoms with Crippen molar-refractivity contribution in [1.29, 1.82) is 0 Å². The van der Waals surface area contributed by atoms with Gasteiger partial charge in [0.2, 0.25) is 0 Å². The van der Waals surface area contributed by atoms with Gasteiger partial charge in [-0.2, -0.15) is 0 Å². The van der Waals surface area contributed by atoms with Gasteiger partial charge in [0.1, 0.15) is 5.75 Å². The molecule has 17 heavy (non-hydrogen) atoms. The van der Waals surface area contributed by atoms with Gasteiger partial charge in [-0.3, -0.25) is 4.79 Å². The van der Waals surface area contributed by atoms with Crippen LogP contribution in [0.3, 0.4) is 0 Å². The number of nitrogens with zero attached hydrogens (tertiary/aromatic N) is 1. The second-order valence-electron chi connectivity index (χ2n) is 4.63. The highest BCUT2D eigenvalue weighted by molar-refractivity contribution is 5.97. The first kappa shape index (κ1) is 11.9. The normalized spacial score (nSPS) is 20.4. The molecular formula is C13H18N2O2. The van der Waals surface area contributed by atoms with E-state index in [0.717, 1.165) is 12.1 Å². The molecular weight excluding hydrogens is 216 g/mol. The van der Waals surface area contributed by atoms with Gasteiger partial charge in [0.25, 0.3) is 5.91 Å². The average molecular weight is 234 g/mol. The highest BCUT2D eigenvalue weighted by Crippen LogP contribution is 2.20. The number of hydrogen-bond donors (Lipinski definition) is 2. The molecule has 0 bridgehead atoms. The Balaban J connectivity index is 2.21. The lowest BCUT2D eigenvalue weighted by Gasteiger charge is -2.32. The SMILES string of the molecule is Cc1ccc(O)c(C(=O)N2CCNC(C)C2)c1. The molecule has 1 amide bonds. The van der Waals surface area contributed by atoms with E-state index in [9.17, 15) is 9.90 Å². The number of amides is 1. The van der Waals surface area contributed by atoms with Crippen LogP contribution in [-0.2, 0) is 0 Å². The Morgan fingerprint density at radius 3 is 3.00 bits per heavy atom. The molecule has 1 atom stereocenters. The Bertz CT molecular complexity index is 431. The fourth-order valence-electron chi connectivity index (χ4n) is 2.11. The Morgan fingerprint density at radius 2 is 2.29 bits per heavy atom. The summed E-state index contributed by atoms with van der Waals surface area (Å²) in [5.41, 5.74) is 1.38. The fraction of sp³-hybridized carbons (Fsp3) is 0.462. The molecule has 0 aromatic heterocycles. The van der Waals surface area contributed by atoms with Crippen molar-refractivity contribution < 1.29 is 9.90 Å². The van der Waals surface area contributed by atoms with Crippen LogP contribution in [0.1, 0.15) is 22.8 Å². The third-order valence-electron chi connectivity index (χ3n) is 3.04. The highest BCUT2D eigenvalue weighted by Gasteiger charge is 2.23. The van der Waals surface area contributed by atoms with E-state index in [1.165, 1.54) is 0 Å². The quantitative estimate of drug-likeness (QED) is 0.766. The van der Waals surface area contributed by atoms with E-state index in [4.69, 9.17) is 0 Å². The third kappa shape index (κ3) is 2.58. The van der Waals surface area contributed by atoms with E-state index >= 15 is 0 Å². The summed E-state index contributed by atoms with van der Waals surface area (Å²) < 4.78 is 0. The van der Waals surface area contributed by atoms with E-state index < -0.39 is 0 Å². The molecule has 1 unspecified atom stereocenters. The zero-order chi connectivity index (χ0) is 12.4. The number of phenolic OH excluding ortho intramolecular Hbond substituents is 1. The zero-order valence-corrected chi connectivity index (χ0v) is 10.2. The summed E-state index contributed by atoms with van der Waals surface area (Å²) in [6, 6.07) is 5.42. The topological polar surface area (TPSA) is 52.6 Å². The van der Waals surface area contributed by atoms with Gasteiger partial charge in [-0.05, 0) is 26.0 Å². The number of phenols is 1. The third-order valence-corrected chi connectivity index (χ3v) is 3.04. The molecule has 1 aromatic carbocycles. The average Bonchev–Trinajstić information content (AvgIpc) is 2.31. The number of aromatic hydroxyl groups is 1. The predicted octanol–water partition coefficient (Wildman–Crippen LogP) is 1.13. The lowest BCUT2D eigenvalue weighted by atomic mass is 10.1. The first-order valence-electron chi connectivity index (χ1n) is 5.90. The molecule has 0 spiro atoms. The zero-order valence-electron chi connectivity index (χ0n) is 10.2. The fourth-order valence-corrected chi connectivity index (χ4v) is 2.11. The maximum atomic E-state index is 12.3. The molecule has 92 valence electrons. The number of piperazine rings is 1. The van der Waals surface area contributed by atoms with Crippen molar-refractivity contribution in [2.75, 3.05) is 19.6 Å². The van der Waals surface area contributed by atoms with Crippen LogP contribution >= 0.6 is 0 Å². The molecule has 0 radical (unpaired) electrons. The minimum atomic E-state index is -0.0837. The van der Waals surface area contributed by atoms with Gasteiger partial charge in [-0.15, -0.1) is 0 Å². The molecule has 1 heterocycles. The van der Waals surface area contributed by atoms with Gasteiger partial charge in [0.05, 0.1) is 5.56 Å². The van der Waals surface area contributed by atoms with Gasteiger partial charge < -0.3 is 15.3 Å². The van der Waals surface area contributed by atoms with Crippen molar-refractivity contribution in [3.63, 3.8) is 0 Å². The van der Waals surface area contributed by atoms with Gasteiger partial charge in [0.15, 0.2) is 0 Å². The number of hydrogen-bond acceptors (Lipinski definition) is 3. The number of rotatable bonds is 1. The molecule has 4 heteroatoms. The van der Waals surface area contributed by atoms with Crippen molar-refractivity contribution in [3.8, 4) is 5.75 Å². The number of carbonyl (C=O) groups is 1. The number of nitrogens with one attached hydrogen (secondary N) is 1.